The van der Waals surface area contributed by atoms with E-state index in [1.807, 2.05) is 35.2 Å². The fourth-order valence-corrected chi connectivity index (χ4v) is 5.27. The first kappa shape index (κ1) is 19.9. The third-order valence-corrected chi connectivity index (χ3v) is 7.37. The summed E-state index contributed by atoms with van der Waals surface area (Å²) in [7, 11) is 0. The van der Waals surface area contributed by atoms with Crippen molar-refractivity contribution in [2.45, 2.75) is 19.3 Å². The summed E-state index contributed by atoms with van der Waals surface area (Å²) in [5.41, 5.74) is 1.60. The van der Waals surface area contributed by atoms with Gasteiger partial charge in [-0.25, -0.2) is 0 Å². The molecule has 1 saturated heterocycles. The van der Waals surface area contributed by atoms with Crippen molar-refractivity contribution in [1.29, 1.82) is 0 Å². The number of carbonyl (C=O) groups is 2. The minimum Gasteiger partial charge on any atom is -0.449 e. The average molecular weight is 441 g/mol. The molecule has 3 aromatic heterocycles. The van der Waals surface area contributed by atoms with E-state index < -0.39 is 0 Å². The first-order chi connectivity index (χ1) is 16.1. The van der Waals surface area contributed by atoms with E-state index >= 15 is 0 Å². The zero-order chi connectivity index (χ0) is 22.4. The Kier molecular flexibility index (Phi) is 4.64. The molecule has 1 saturated carbocycles. The molecule has 1 aliphatic heterocycles. The second-order valence-corrected chi connectivity index (χ2v) is 9.19. The van der Waals surface area contributed by atoms with E-state index in [2.05, 4.69) is 15.3 Å². The fraction of sp³-hybridized carbons (Fsp3) is 0.308. The van der Waals surface area contributed by atoms with Crippen molar-refractivity contribution in [2.75, 3.05) is 19.6 Å². The lowest BCUT2D eigenvalue weighted by Crippen LogP contribution is -2.40. The summed E-state index contributed by atoms with van der Waals surface area (Å²) in [5.74, 6) is 0.671. The standard InChI is InChI=1S/C26H24N4O3/c31-24(22-12-17-4-8-28-16-23(17)33-22)29-15-19-13-26(19)6-10-30(11-7-26)25(32)21-3-1-2-18-14-27-9-5-20(18)21/h1-5,8-9,12,14,16,19H,6-7,10-11,13,15H2,(H,29,31). The van der Waals surface area contributed by atoms with Crippen LogP contribution in [0.15, 0.2) is 65.6 Å². The number of nitrogens with zero attached hydrogens (tertiary/aromatic N) is 3. The van der Waals surface area contributed by atoms with Gasteiger partial charge >= 0.3 is 0 Å². The lowest BCUT2D eigenvalue weighted by molar-refractivity contribution is 0.0670. The molecular weight excluding hydrogens is 416 g/mol. The SMILES string of the molecule is O=C(NCC1CC12CCN(C(=O)c1cccc3cnccc13)CC2)c1cc2ccncc2o1. The van der Waals surface area contributed by atoms with Crippen LogP contribution in [-0.4, -0.2) is 46.3 Å². The van der Waals surface area contributed by atoms with E-state index in [1.54, 1.807) is 30.9 Å². The highest BCUT2D eigenvalue weighted by Gasteiger charge is 2.54. The van der Waals surface area contributed by atoms with E-state index in [4.69, 9.17) is 4.42 Å². The van der Waals surface area contributed by atoms with Gasteiger partial charge in [0.25, 0.3) is 11.8 Å². The third kappa shape index (κ3) is 3.53. The largest absolute Gasteiger partial charge is 0.449 e. The Hall–Kier alpha value is -3.74. The molecule has 0 bridgehead atoms. The Balaban J connectivity index is 1.06. The van der Waals surface area contributed by atoms with Gasteiger partial charge in [0, 0.05) is 54.6 Å². The van der Waals surface area contributed by atoms with Crippen LogP contribution in [0.4, 0.5) is 0 Å². The predicted octanol–water partition coefficient (Wildman–Crippen LogP) is 4.05. The van der Waals surface area contributed by atoms with Crippen LogP contribution in [0.5, 0.6) is 0 Å². The Labute approximate surface area is 190 Å². The zero-order valence-electron chi connectivity index (χ0n) is 18.2. The number of likely N-dealkylation sites (tertiary alicyclic amines) is 1. The van der Waals surface area contributed by atoms with Crippen LogP contribution < -0.4 is 5.32 Å². The van der Waals surface area contributed by atoms with Crippen LogP contribution >= 0.6 is 0 Å². The third-order valence-electron chi connectivity index (χ3n) is 7.37. The summed E-state index contributed by atoms with van der Waals surface area (Å²) >= 11 is 0. The summed E-state index contributed by atoms with van der Waals surface area (Å²) in [6.07, 6.45) is 9.87. The number of hydrogen-bond acceptors (Lipinski definition) is 5. The monoisotopic (exact) mass is 440 g/mol. The van der Waals surface area contributed by atoms with Crippen molar-refractivity contribution in [1.82, 2.24) is 20.2 Å². The van der Waals surface area contributed by atoms with Crippen LogP contribution in [0, 0.1) is 11.3 Å². The molecular formula is C26H24N4O3. The number of hydrogen-bond donors (Lipinski definition) is 1. The van der Waals surface area contributed by atoms with Crippen LogP contribution in [0.1, 0.15) is 40.2 Å². The van der Waals surface area contributed by atoms with Crippen molar-refractivity contribution in [3.63, 3.8) is 0 Å². The Morgan fingerprint density at radius 1 is 1.06 bits per heavy atom. The highest BCUT2D eigenvalue weighted by atomic mass is 16.3. The summed E-state index contributed by atoms with van der Waals surface area (Å²) in [6, 6.07) is 11.3. The minimum absolute atomic E-state index is 0.0894. The molecule has 4 aromatic rings. The van der Waals surface area contributed by atoms with Gasteiger partial charge in [0.1, 0.15) is 0 Å². The Morgan fingerprint density at radius 3 is 2.73 bits per heavy atom. The van der Waals surface area contributed by atoms with Crippen molar-refractivity contribution in [3.8, 4) is 0 Å². The molecule has 1 unspecified atom stereocenters. The van der Waals surface area contributed by atoms with E-state index in [-0.39, 0.29) is 17.2 Å². The average Bonchev–Trinajstić information content (AvgIpc) is 3.33. The zero-order valence-corrected chi connectivity index (χ0v) is 18.2. The topological polar surface area (TPSA) is 88.3 Å². The molecule has 7 heteroatoms. The van der Waals surface area contributed by atoms with E-state index in [0.29, 0.717) is 23.8 Å². The van der Waals surface area contributed by atoms with Crippen molar-refractivity contribution >= 4 is 33.6 Å². The molecule has 1 aromatic carbocycles. The molecule has 166 valence electrons. The maximum Gasteiger partial charge on any atom is 0.287 e. The van der Waals surface area contributed by atoms with Gasteiger partial charge in [0.15, 0.2) is 11.3 Å². The fourth-order valence-electron chi connectivity index (χ4n) is 5.27. The molecule has 1 N–H and O–H groups in total. The second kappa shape index (κ2) is 7.69. The number of pyridine rings is 2. The summed E-state index contributed by atoms with van der Waals surface area (Å²) < 4.78 is 5.61. The van der Waals surface area contributed by atoms with E-state index in [0.717, 1.165) is 54.1 Å². The number of fused-ring (bicyclic) bond motifs is 2. The van der Waals surface area contributed by atoms with Gasteiger partial charge in [0.2, 0.25) is 0 Å². The molecule has 1 atom stereocenters. The lowest BCUT2D eigenvalue weighted by atomic mass is 9.90. The number of rotatable bonds is 4. The molecule has 4 heterocycles. The summed E-state index contributed by atoms with van der Waals surface area (Å²) in [5, 5.41) is 5.84. The molecule has 1 spiro atoms. The van der Waals surface area contributed by atoms with Gasteiger partial charge < -0.3 is 14.6 Å². The highest BCUT2D eigenvalue weighted by Crippen LogP contribution is 2.59. The quantitative estimate of drug-likeness (QED) is 0.517. The molecule has 2 aliphatic rings. The lowest BCUT2D eigenvalue weighted by Gasteiger charge is -2.33. The van der Waals surface area contributed by atoms with Gasteiger partial charge in [-0.05, 0) is 60.2 Å². The van der Waals surface area contributed by atoms with Gasteiger partial charge in [-0.15, -0.1) is 0 Å². The maximum absolute atomic E-state index is 13.2. The first-order valence-corrected chi connectivity index (χ1v) is 11.4. The molecule has 0 radical (unpaired) electrons. The van der Waals surface area contributed by atoms with Gasteiger partial charge in [-0.3, -0.25) is 19.6 Å². The highest BCUT2D eigenvalue weighted by molar-refractivity contribution is 6.06. The number of carbonyl (C=O) groups excluding carboxylic acids is 2. The number of furan rings is 1. The van der Waals surface area contributed by atoms with Crippen molar-refractivity contribution < 1.29 is 14.0 Å². The number of nitrogens with one attached hydrogen (secondary N) is 1. The van der Waals surface area contributed by atoms with Gasteiger partial charge in [-0.1, -0.05) is 12.1 Å². The van der Waals surface area contributed by atoms with E-state index in [1.165, 1.54) is 0 Å². The number of piperidine rings is 1. The predicted molar refractivity (Wildman–Crippen MR) is 124 cm³/mol. The van der Waals surface area contributed by atoms with Gasteiger partial charge in [0.05, 0.1) is 6.20 Å². The summed E-state index contributed by atoms with van der Waals surface area (Å²) in [6.45, 7) is 2.14. The molecule has 2 amide bonds. The maximum atomic E-state index is 13.2. The Morgan fingerprint density at radius 2 is 1.88 bits per heavy atom. The smallest absolute Gasteiger partial charge is 0.287 e. The normalized spacial score (nSPS) is 19.2. The minimum atomic E-state index is -0.189. The number of aromatic nitrogens is 2. The second-order valence-electron chi connectivity index (χ2n) is 9.19. The number of benzene rings is 1. The molecule has 1 aliphatic carbocycles. The van der Waals surface area contributed by atoms with E-state index in [9.17, 15) is 9.59 Å². The Bertz CT molecular complexity index is 1330. The summed E-state index contributed by atoms with van der Waals surface area (Å²) in [4.78, 5) is 35.9. The van der Waals surface area contributed by atoms with Crippen LogP contribution in [0.3, 0.4) is 0 Å². The molecule has 33 heavy (non-hydrogen) atoms. The molecule has 2 fully saturated rings. The first-order valence-electron chi connectivity index (χ1n) is 11.4. The van der Waals surface area contributed by atoms with Gasteiger partial charge in [-0.2, -0.15) is 0 Å². The molecule has 6 rings (SSSR count). The van der Waals surface area contributed by atoms with Crippen LogP contribution in [0.25, 0.3) is 21.7 Å². The number of amides is 2. The van der Waals surface area contributed by atoms with Crippen LogP contribution in [0.2, 0.25) is 0 Å². The van der Waals surface area contributed by atoms with Crippen molar-refractivity contribution in [3.05, 3.63) is 72.5 Å². The molecule has 7 nitrogen and oxygen atoms in total. The van der Waals surface area contributed by atoms with Crippen LogP contribution in [-0.2, 0) is 0 Å². The van der Waals surface area contributed by atoms with Crippen molar-refractivity contribution in [2.24, 2.45) is 11.3 Å².